The van der Waals surface area contributed by atoms with Crippen molar-refractivity contribution in [2.24, 2.45) is 0 Å². The first-order chi connectivity index (χ1) is 18.0. The van der Waals surface area contributed by atoms with Gasteiger partial charge in [0.05, 0.1) is 16.6 Å². The fraction of sp³-hybridized carbons (Fsp3) is 0.300. The number of amides is 2. The average molecular weight is 499 g/mol. The summed E-state index contributed by atoms with van der Waals surface area (Å²) in [6.45, 7) is 5.53. The Bertz CT molecular complexity index is 1380. The number of rotatable bonds is 11. The van der Waals surface area contributed by atoms with E-state index in [2.05, 4.69) is 29.0 Å². The predicted octanol–water partition coefficient (Wildman–Crippen LogP) is 6.71. The van der Waals surface area contributed by atoms with Crippen molar-refractivity contribution in [1.82, 2.24) is 14.9 Å². The van der Waals surface area contributed by atoms with Crippen molar-refractivity contribution < 1.29 is 14.7 Å². The molecule has 7 nitrogen and oxygen atoms in total. The maximum Gasteiger partial charge on any atom is 0.336 e. The number of aromatic carboxylic acids is 1. The van der Waals surface area contributed by atoms with Crippen LogP contribution in [0.2, 0.25) is 0 Å². The van der Waals surface area contributed by atoms with Gasteiger partial charge >= 0.3 is 12.0 Å². The van der Waals surface area contributed by atoms with Gasteiger partial charge in [-0.25, -0.2) is 14.6 Å². The Morgan fingerprint density at radius 1 is 0.946 bits per heavy atom. The third-order valence-corrected chi connectivity index (χ3v) is 6.42. The summed E-state index contributed by atoms with van der Waals surface area (Å²) in [5, 5.41) is 15.4. The number of fused-ring (bicyclic) bond motifs is 1. The Kier molecular flexibility index (Phi) is 8.56. The number of carbonyl (C=O) groups excluding carboxylic acids is 1. The van der Waals surface area contributed by atoms with E-state index in [1.165, 1.54) is 0 Å². The largest absolute Gasteiger partial charge is 0.478 e. The lowest BCUT2D eigenvalue weighted by molar-refractivity contribution is 0.0697. The number of imidazole rings is 1. The second-order valence-corrected chi connectivity index (χ2v) is 9.20. The summed E-state index contributed by atoms with van der Waals surface area (Å²) in [6.07, 6.45) is 4.96. The van der Waals surface area contributed by atoms with Gasteiger partial charge < -0.3 is 20.3 Å². The lowest BCUT2D eigenvalue weighted by Crippen LogP contribution is -2.29. The number of nitrogens with one attached hydrogen (secondary N) is 2. The van der Waals surface area contributed by atoms with Gasteiger partial charge in [0.15, 0.2) is 0 Å². The Morgan fingerprint density at radius 2 is 1.70 bits per heavy atom. The van der Waals surface area contributed by atoms with E-state index in [1.807, 2.05) is 54.6 Å². The molecule has 7 heteroatoms. The number of benzene rings is 3. The lowest BCUT2D eigenvalue weighted by Gasteiger charge is -2.12. The molecule has 3 aromatic carbocycles. The number of unbranched alkanes of at least 4 members (excludes halogenated alkanes) is 2. The summed E-state index contributed by atoms with van der Waals surface area (Å²) in [7, 11) is 0. The number of aromatic nitrogens is 2. The molecule has 0 saturated heterocycles. The van der Waals surface area contributed by atoms with E-state index >= 15 is 0 Å². The maximum atomic E-state index is 12.3. The Labute approximate surface area is 217 Å². The number of carboxylic acid groups (broad SMARTS) is 1. The predicted molar refractivity (Wildman–Crippen MR) is 148 cm³/mol. The normalized spacial score (nSPS) is 11.0. The highest BCUT2D eigenvalue weighted by Gasteiger charge is 2.14. The van der Waals surface area contributed by atoms with Gasteiger partial charge in [-0.1, -0.05) is 69.2 Å². The second-order valence-electron chi connectivity index (χ2n) is 9.20. The minimum absolute atomic E-state index is 0.206. The van der Waals surface area contributed by atoms with Crippen LogP contribution in [0.1, 0.15) is 61.3 Å². The van der Waals surface area contributed by atoms with Crippen LogP contribution in [0, 0.1) is 0 Å². The van der Waals surface area contributed by atoms with Crippen LogP contribution in [-0.2, 0) is 13.0 Å². The topological polar surface area (TPSA) is 96.3 Å². The number of nitrogens with zero attached hydrogens (tertiary/aromatic N) is 2. The molecule has 2 amide bonds. The number of carbonyl (C=O) groups is 2. The van der Waals surface area contributed by atoms with Gasteiger partial charge in [0.2, 0.25) is 0 Å². The zero-order chi connectivity index (χ0) is 26.2. The van der Waals surface area contributed by atoms with Crippen LogP contribution >= 0.6 is 0 Å². The van der Waals surface area contributed by atoms with Crippen LogP contribution in [0.4, 0.5) is 10.5 Å². The van der Waals surface area contributed by atoms with Crippen LogP contribution in [0.5, 0.6) is 0 Å². The van der Waals surface area contributed by atoms with Crippen molar-refractivity contribution in [2.45, 2.75) is 52.5 Å². The first-order valence-electron chi connectivity index (χ1n) is 13.0. The molecule has 1 aromatic heterocycles. The van der Waals surface area contributed by atoms with E-state index in [4.69, 9.17) is 4.98 Å². The molecule has 0 aliphatic heterocycles. The molecule has 0 atom stereocenters. The van der Waals surface area contributed by atoms with Gasteiger partial charge in [-0.15, -0.1) is 0 Å². The van der Waals surface area contributed by atoms with Gasteiger partial charge in [-0.3, -0.25) is 0 Å². The maximum absolute atomic E-state index is 12.3. The van der Waals surface area contributed by atoms with Crippen molar-refractivity contribution in [2.75, 3.05) is 11.9 Å². The molecule has 0 aliphatic carbocycles. The lowest BCUT2D eigenvalue weighted by atomic mass is 9.99. The van der Waals surface area contributed by atoms with Gasteiger partial charge in [-0.2, -0.15) is 0 Å². The SMILES string of the molecule is CCCCNC(=O)Nc1ccc2nc(CCCC)n(Cc3ccc(-c4ccccc4C(=O)O)cc3)c2c1. The van der Waals surface area contributed by atoms with E-state index in [-0.39, 0.29) is 11.6 Å². The van der Waals surface area contributed by atoms with Crippen molar-refractivity contribution in [3.05, 3.63) is 83.7 Å². The molecule has 37 heavy (non-hydrogen) atoms. The summed E-state index contributed by atoms with van der Waals surface area (Å²) in [5.41, 5.74) is 5.54. The van der Waals surface area contributed by atoms with Gasteiger partial charge in [-0.05, 0) is 53.8 Å². The molecule has 1 heterocycles. The summed E-state index contributed by atoms with van der Waals surface area (Å²) in [6, 6.07) is 20.7. The fourth-order valence-corrected chi connectivity index (χ4v) is 4.40. The average Bonchev–Trinajstić information content (AvgIpc) is 3.24. The third kappa shape index (κ3) is 6.36. The minimum atomic E-state index is -0.936. The van der Waals surface area contributed by atoms with E-state index in [1.54, 1.807) is 12.1 Å². The van der Waals surface area contributed by atoms with Crippen molar-refractivity contribution in [3.8, 4) is 11.1 Å². The molecular formula is C30H34N4O3. The zero-order valence-electron chi connectivity index (χ0n) is 21.5. The van der Waals surface area contributed by atoms with Gasteiger partial charge in [0, 0.05) is 25.2 Å². The first-order valence-corrected chi connectivity index (χ1v) is 13.0. The number of anilines is 1. The standard InChI is InChI=1S/C30H34N4O3/c1-3-5-11-28-33-26-17-16-23(32-30(37)31-18-6-4-2)19-27(26)34(28)20-21-12-14-22(15-13-21)24-9-7-8-10-25(24)29(35)36/h7-10,12-17,19H,3-6,11,18,20H2,1-2H3,(H,35,36)(H2,31,32,37). The molecule has 0 radical (unpaired) electrons. The number of hydrogen-bond acceptors (Lipinski definition) is 3. The van der Waals surface area contributed by atoms with Gasteiger partial charge in [0.1, 0.15) is 5.82 Å². The molecule has 4 aromatic rings. The summed E-state index contributed by atoms with van der Waals surface area (Å²) in [4.78, 5) is 28.8. The number of urea groups is 1. The van der Waals surface area contributed by atoms with Crippen molar-refractivity contribution in [3.63, 3.8) is 0 Å². The summed E-state index contributed by atoms with van der Waals surface area (Å²) < 4.78 is 2.21. The highest BCUT2D eigenvalue weighted by atomic mass is 16.4. The Balaban J connectivity index is 1.61. The molecular weight excluding hydrogens is 464 g/mol. The van der Waals surface area contributed by atoms with Crippen LogP contribution in [0.15, 0.2) is 66.7 Å². The molecule has 4 rings (SSSR count). The van der Waals surface area contributed by atoms with E-state index in [0.717, 1.165) is 65.8 Å². The van der Waals surface area contributed by atoms with E-state index in [0.29, 0.717) is 18.7 Å². The van der Waals surface area contributed by atoms with E-state index in [9.17, 15) is 14.7 Å². The smallest absolute Gasteiger partial charge is 0.336 e. The molecule has 3 N–H and O–H groups in total. The molecule has 0 bridgehead atoms. The van der Waals surface area contributed by atoms with Crippen molar-refractivity contribution in [1.29, 1.82) is 0 Å². The second kappa shape index (κ2) is 12.2. The number of aryl methyl sites for hydroxylation is 1. The first kappa shape index (κ1) is 25.9. The highest BCUT2D eigenvalue weighted by molar-refractivity contribution is 5.96. The Hall–Kier alpha value is -4.13. The fourth-order valence-electron chi connectivity index (χ4n) is 4.40. The Morgan fingerprint density at radius 3 is 2.43 bits per heavy atom. The minimum Gasteiger partial charge on any atom is -0.478 e. The van der Waals surface area contributed by atoms with Crippen LogP contribution in [0.3, 0.4) is 0 Å². The monoisotopic (exact) mass is 498 g/mol. The number of carboxylic acids is 1. The molecule has 192 valence electrons. The van der Waals surface area contributed by atoms with E-state index < -0.39 is 5.97 Å². The number of hydrogen-bond donors (Lipinski definition) is 3. The van der Waals surface area contributed by atoms with Crippen molar-refractivity contribution >= 4 is 28.7 Å². The highest BCUT2D eigenvalue weighted by Crippen LogP contribution is 2.26. The van der Waals surface area contributed by atoms with Gasteiger partial charge in [0.25, 0.3) is 0 Å². The molecule has 0 saturated carbocycles. The van der Waals surface area contributed by atoms with Crippen LogP contribution in [0.25, 0.3) is 22.2 Å². The third-order valence-electron chi connectivity index (χ3n) is 6.42. The molecule has 0 spiro atoms. The molecule has 0 fully saturated rings. The summed E-state index contributed by atoms with van der Waals surface area (Å²) in [5.74, 6) is 0.0790. The molecule has 0 unspecified atom stereocenters. The summed E-state index contributed by atoms with van der Waals surface area (Å²) >= 11 is 0. The van der Waals surface area contributed by atoms with Crippen LogP contribution < -0.4 is 10.6 Å². The zero-order valence-corrected chi connectivity index (χ0v) is 21.5. The van der Waals surface area contributed by atoms with Crippen LogP contribution in [-0.4, -0.2) is 33.2 Å². The molecule has 0 aliphatic rings. The quantitative estimate of drug-likeness (QED) is 0.200.